The second-order valence-corrected chi connectivity index (χ2v) is 7.04. The van der Waals surface area contributed by atoms with E-state index in [1.165, 1.54) is 0 Å². The van der Waals surface area contributed by atoms with Crippen molar-refractivity contribution < 1.29 is 28.1 Å². The first-order valence-electron chi connectivity index (χ1n) is 8.28. The van der Waals surface area contributed by atoms with Crippen LogP contribution < -0.4 is 0 Å². The summed E-state index contributed by atoms with van der Waals surface area (Å²) in [4.78, 5) is 24.5. The first-order valence-corrected chi connectivity index (χ1v) is 9.35. The lowest BCUT2D eigenvalue weighted by molar-refractivity contribution is -0.0943. The van der Waals surface area contributed by atoms with Crippen LogP contribution in [0, 0.1) is 0 Å². The molecule has 0 spiro atoms. The van der Waals surface area contributed by atoms with Crippen molar-refractivity contribution in [2.75, 3.05) is 6.61 Å². The Labute approximate surface area is 176 Å². The predicted molar refractivity (Wildman–Crippen MR) is 103 cm³/mol. The maximum absolute atomic E-state index is 12.3. The van der Waals surface area contributed by atoms with Crippen LogP contribution in [-0.4, -0.2) is 37.0 Å². The molecule has 1 aliphatic rings. The smallest absolute Gasteiger partial charge is 0.338 e. The Bertz CT molecular complexity index is 825. The summed E-state index contributed by atoms with van der Waals surface area (Å²) in [5.41, 5.74) is 0.666. The molecule has 0 aliphatic carbocycles. The Morgan fingerprint density at radius 2 is 1.46 bits per heavy atom. The predicted octanol–water partition coefficient (Wildman–Crippen LogP) is 4.66. The van der Waals surface area contributed by atoms with Crippen LogP contribution in [0.25, 0.3) is 0 Å². The standard InChI is InChI=1S/C19H15Cl3O6/c20-13-5-1-11(2-6-13)18(23)25-10-16-15(9-17(26-16)28-22)27-19(24)12-3-7-14(21)8-4-12/h1-8,15-17H,9-10H2/t15-,16+,17+/m0/s1. The van der Waals surface area contributed by atoms with Crippen molar-refractivity contribution in [3.8, 4) is 0 Å². The first-order chi connectivity index (χ1) is 13.5. The highest BCUT2D eigenvalue weighted by molar-refractivity contribution is 6.31. The van der Waals surface area contributed by atoms with E-state index in [1.807, 2.05) is 0 Å². The summed E-state index contributed by atoms with van der Waals surface area (Å²) >= 11 is 17.0. The van der Waals surface area contributed by atoms with Crippen LogP contribution in [0.15, 0.2) is 48.5 Å². The van der Waals surface area contributed by atoms with Crippen molar-refractivity contribution in [3.05, 3.63) is 69.7 Å². The highest BCUT2D eigenvalue weighted by atomic mass is 35.5. The number of carbonyl (C=O) groups excluding carboxylic acids is 2. The lowest BCUT2D eigenvalue weighted by Gasteiger charge is -2.18. The van der Waals surface area contributed by atoms with Gasteiger partial charge in [0, 0.05) is 16.5 Å². The fourth-order valence-electron chi connectivity index (χ4n) is 2.63. The maximum Gasteiger partial charge on any atom is 0.338 e. The minimum atomic E-state index is -0.788. The van der Waals surface area contributed by atoms with Crippen molar-refractivity contribution in [2.24, 2.45) is 0 Å². The molecule has 0 amide bonds. The van der Waals surface area contributed by atoms with Crippen molar-refractivity contribution in [1.29, 1.82) is 0 Å². The number of esters is 2. The maximum atomic E-state index is 12.3. The van der Waals surface area contributed by atoms with Crippen LogP contribution in [0.3, 0.4) is 0 Å². The molecule has 28 heavy (non-hydrogen) atoms. The largest absolute Gasteiger partial charge is 0.459 e. The molecule has 2 aromatic carbocycles. The highest BCUT2D eigenvalue weighted by Crippen LogP contribution is 2.27. The average molecular weight is 446 g/mol. The van der Waals surface area contributed by atoms with Crippen molar-refractivity contribution in [1.82, 2.24) is 0 Å². The quantitative estimate of drug-likeness (QED) is 0.602. The molecule has 0 aromatic heterocycles. The molecule has 9 heteroatoms. The average Bonchev–Trinajstić information content (AvgIpc) is 3.09. The van der Waals surface area contributed by atoms with E-state index in [4.69, 9.17) is 49.3 Å². The summed E-state index contributed by atoms with van der Waals surface area (Å²) in [5.74, 6) is -1.12. The summed E-state index contributed by atoms with van der Waals surface area (Å²) in [6, 6.07) is 12.5. The first kappa shape index (κ1) is 20.9. The Morgan fingerprint density at radius 3 is 2.00 bits per heavy atom. The minimum Gasteiger partial charge on any atom is -0.459 e. The number of carbonyl (C=O) groups is 2. The van der Waals surface area contributed by atoms with Crippen LogP contribution in [0.2, 0.25) is 10.0 Å². The summed E-state index contributed by atoms with van der Waals surface area (Å²) in [6.45, 7) is -0.142. The monoisotopic (exact) mass is 444 g/mol. The van der Waals surface area contributed by atoms with Crippen LogP contribution in [0.4, 0.5) is 0 Å². The van der Waals surface area contributed by atoms with Gasteiger partial charge in [-0.1, -0.05) is 23.2 Å². The van der Waals surface area contributed by atoms with E-state index in [2.05, 4.69) is 4.29 Å². The molecular formula is C19H15Cl3O6. The van der Waals surface area contributed by atoms with Gasteiger partial charge >= 0.3 is 11.9 Å². The molecule has 3 rings (SSSR count). The van der Waals surface area contributed by atoms with E-state index in [9.17, 15) is 9.59 Å². The molecule has 0 N–H and O–H groups in total. The lowest BCUT2D eigenvalue weighted by Crippen LogP contribution is -2.32. The molecule has 6 nitrogen and oxygen atoms in total. The van der Waals surface area contributed by atoms with Gasteiger partial charge in [-0.25, -0.2) is 13.9 Å². The van der Waals surface area contributed by atoms with Crippen molar-refractivity contribution in [3.63, 3.8) is 0 Å². The zero-order valence-corrected chi connectivity index (χ0v) is 16.6. The van der Waals surface area contributed by atoms with E-state index in [0.29, 0.717) is 21.2 Å². The fraction of sp³-hybridized carbons (Fsp3) is 0.263. The normalized spacial score (nSPS) is 21.3. The van der Waals surface area contributed by atoms with E-state index in [1.54, 1.807) is 48.5 Å². The molecule has 0 radical (unpaired) electrons. The molecule has 1 aliphatic heterocycles. The lowest BCUT2D eigenvalue weighted by atomic mass is 10.1. The third-order valence-electron chi connectivity index (χ3n) is 4.06. The summed E-state index contributed by atoms with van der Waals surface area (Å²) in [7, 11) is 0. The summed E-state index contributed by atoms with van der Waals surface area (Å²) in [6.07, 6.45) is -2.02. The van der Waals surface area contributed by atoms with Gasteiger partial charge in [-0.15, -0.1) is 0 Å². The molecule has 148 valence electrons. The molecule has 0 saturated carbocycles. The Kier molecular flexibility index (Phi) is 7.15. The van der Waals surface area contributed by atoms with Gasteiger partial charge in [0.05, 0.1) is 23.0 Å². The number of ether oxygens (including phenoxy) is 3. The zero-order chi connectivity index (χ0) is 20.1. The van der Waals surface area contributed by atoms with Crippen molar-refractivity contribution in [2.45, 2.75) is 24.9 Å². The van der Waals surface area contributed by atoms with Crippen LogP contribution in [-0.2, 0) is 18.5 Å². The number of rotatable bonds is 6. The molecular weight excluding hydrogens is 431 g/mol. The third kappa shape index (κ3) is 5.37. The fourth-order valence-corrected chi connectivity index (χ4v) is 2.99. The molecule has 0 unspecified atom stereocenters. The number of benzene rings is 2. The molecule has 0 bridgehead atoms. The molecule has 1 heterocycles. The van der Waals surface area contributed by atoms with Gasteiger partial charge in [0.2, 0.25) is 0 Å². The second-order valence-electron chi connectivity index (χ2n) is 5.98. The summed E-state index contributed by atoms with van der Waals surface area (Å²) < 4.78 is 20.9. The Balaban J connectivity index is 1.61. The third-order valence-corrected chi connectivity index (χ3v) is 4.77. The number of hydrogen-bond donors (Lipinski definition) is 0. The van der Waals surface area contributed by atoms with Gasteiger partial charge in [-0.2, -0.15) is 0 Å². The topological polar surface area (TPSA) is 71.1 Å². The molecule has 2 aromatic rings. The van der Waals surface area contributed by atoms with Gasteiger partial charge in [0.1, 0.15) is 18.8 Å². The molecule has 1 saturated heterocycles. The second kappa shape index (κ2) is 9.58. The van der Waals surface area contributed by atoms with Crippen molar-refractivity contribution >= 4 is 47.0 Å². The van der Waals surface area contributed by atoms with Gasteiger partial charge in [-0.05, 0) is 48.5 Å². The zero-order valence-electron chi connectivity index (χ0n) is 14.3. The van der Waals surface area contributed by atoms with E-state index >= 15 is 0 Å². The Hall–Kier alpha value is -1.83. The Morgan fingerprint density at radius 1 is 0.929 bits per heavy atom. The van der Waals surface area contributed by atoms with E-state index < -0.39 is 30.4 Å². The minimum absolute atomic E-state index is 0.142. The van der Waals surface area contributed by atoms with Gasteiger partial charge in [0.15, 0.2) is 6.29 Å². The number of halogens is 3. The van der Waals surface area contributed by atoms with Crippen LogP contribution in [0.1, 0.15) is 27.1 Å². The van der Waals surface area contributed by atoms with E-state index in [0.717, 1.165) is 0 Å². The van der Waals surface area contributed by atoms with Crippen LogP contribution >= 0.6 is 35.1 Å². The molecule has 1 fully saturated rings. The van der Waals surface area contributed by atoms with Gasteiger partial charge in [0.25, 0.3) is 0 Å². The summed E-state index contributed by atoms with van der Waals surface area (Å²) in [5, 5.41) is 1.01. The van der Waals surface area contributed by atoms with Gasteiger partial charge < -0.3 is 14.2 Å². The highest BCUT2D eigenvalue weighted by Gasteiger charge is 2.39. The number of hydrogen-bond acceptors (Lipinski definition) is 6. The molecule has 3 atom stereocenters. The SMILES string of the molecule is O=C(OC[C@H]1O[C@H](OCl)C[C@@H]1OC(=O)c1ccc(Cl)cc1)c1ccc(Cl)cc1. The van der Waals surface area contributed by atoms with Crippen LogP contribution in [0.5, 0.6) is 0 Å². The van der Waals surface area contributed by atoms with E-state index in [-0.39, 0.29) is 13.0 Å². The van der Waals surface area contributed by atoms with Gasteiger partial charge in [-0.3, -0.25) is 0 Å².